The number of aliphatic imine (C=N–C) groups is 1. The highest BCUT2D eigenvalue weighted by molar-refractivity contribution is 6.35. The Bertz CT molecular complexity index is 3940. The van der Waals surface area contributed by atoms with E-state index in [9.17, 15) is 0 Å². The van der Waals surface area contributed by atoms with Crippen LogP contribution in [0.25, 0.3) is 98.8 Å². The number of allylic oxidation sites excluding steroid dienone is 1. The summed E-state index contributed by atoms with van der Waals surface area (Å²) in [4.78, 5) is 7.24. The Morgan fingerprint density at radius 3 is 2.07 bits per heavy atom. The number of hydrogen-bond acceptors (Lipinski definition) is 4. The molecule has 13 aromatic rings. The first-order valence-corrected chi connectivity index (χ1v) is 20.7. The minimum atomic E-state index is 0.860. The molecule has 286 valence electrons. The summed E-state index contributed by atoms with van der Waals surface area (Å²) in [6.07, 6.45) is 6.29. The van der Waals surface area contributed by atoms with Crippen molar-refractivity contribution < 1.29 is 8.83 Å². The standard InChI is InChI=1S/C56H35N3O2/c1-2-14-34-29-46-49(31-37(34)33-57-38-15-5-3-6-16-38)59-48-30-36-27-40(58(39-17-7-4-8-18-39)47-22-13-21-42-41-19-9-11-23-50(41)61-56(42)47)26-25-35(36)28-44(48)45-32-52-53(54(46)55(45)59)43-20-10-12-24-51(43)60-52/h2-33H,1H3/b14-2-,57-33+. The van der Waals surface area contributed by atoms with Crippen LogP contribution >= 0.6 is 0 Å². The molecule has 0 saturated heterocycles. The van der Waals surface area contributed by atoms with Crippen molar-refractivity contribution in [1.29, 1.82) is 0 Å². The van der Waals surface area contributed by atoms with Gasteiger partial charge in [0, 0.05) is 66.2 Å². The lowest BCUT2D eigenvalue weighted by atomic mass is 9.98. The van der Waals surface area contributed by atoms with Crippen LogP contribution in [0.4, 0.5) is 22.7 Å². The molecule has 0 aliphatic heterocycles. The van der Waals surface area contributed by atoms with Crippen LogP contribution in [0.2, 0.25) is 0 Å². The second kappa shape index (κ2) is 12.9. The lowest BCUT2D eigenvalue weighted by Crippen LogP contribution is -2.10. The van der Waals surface area contributed by atoms with Gasteiger partial charge in [0.25, 0.3) is 0 Å². The predicted molar refractivity (Wildman–Crippen MR) is 256 cm³/mol. The van der Waals surface area contributed by atoms with Crippen LogP contribution < -0.4 is 4.90 Å². The number of hydrogen-bond donors (Lipinski definition) is 0. The Morgan fingerprint density at radius 1 is 0.492 bits per heavy atom. The fourth-order valence-electron chi connectivity index (χ4n) is 9.77. The van der Waals surface area contributed by atoms with Crippen molar-refractivity contribution in [3.05, 3.63) is 193 Å². The van der Waals surface area contributed by atoms with E-state index in [4.69, 9.17) is 13.8 Å². The van der Waals surface area contributed by atoms with Crippen LogP contribution in [-0.2, 0) is 0 Å². The third-order valence-electron chi connectivity index (χ3n) is 12.4. The van der Waals surface area contributed by atoms with Gasteiger partial charge in [0.05, 0.1) is 27.9 Å². The highest BCUT2D eigenvalue weighted by atomic mass is 16.3. The normalized spacial score (nSPS) is 12.5. The van der Waals surface area contributed by atoms with Crippen LogP contribution in [-0.4, -0.2) is 10.6 Å². The monoisotopic (exact) mass is 781 g/mol. The molecule has 5 nitrogen and oxygen atoms in total. The highest BCUT2D eigenvalue weighted by Crippen LogP contribution is 2.48. The summed E-state index contributed by atoms with van der Waals surface area (Å²) < 4.78 is 15.8. The molecule has 0 amide bonds. The number of fused-ring (bicyclic) bond motifs is 14. The SMILES string of the molecule is C/C=C\c1cc2c3c4c(cc5c6cc7ccc(N(c8ccccc8)c8cccc9c8oc8ccccc89)cc7cc6n(c2cc1/C=N/c1ccccc1)c53)oc1ccccc14. The molecule has 0 spiro atoms. The average Bonchev–Trinajstić information content (AvgIpc) is 4.05. The predicted octanol–water partition coefficient (Wildman–Crippen LogP) is 16.0. The number of rotatable bonds is 6. The van der Waals surface area contributed by atoms with Gasteiger partial charge in [-0.2, -0.15) is 0 Å². The Labute approximate surface area is 349 Å². The van der Waals surface area contributed by atoms with Crippen LogP contribution in [0.1, 0.15) is 18.1 Å². The largest absolute Gasteiger partial charge is 0.456 e. The molecule has 9 aromatic carbocycles. The topological polar surface area (TPSA) is 46.3 Å². The van der Waals surface area contributed by atoms with Gasteiger partial charge in [-0.25, -0.2) is 0 Å². The Balaban J connectivity index is 1.10. The molecule has 4 heterocycles. The van der Waals surface area contributed by atoms with E-state index in [-0.39, 0.29) is 0 Å². The zero-order valence-electron chi connectivity index (χ0n) is 33.1. The maximum atomic E-state index is 6.65. The molecule has 0 N–H and O–H groups in total. The second-order valence-corrected chi connectivity index (χ2v) is 15.9. The molecule has 0 atom stereocenters. The first kappa shape index (κ1) is 33.8. The molecule has 61 heavy (non-hydrogen) atoms. The molecule has 0 aliphatic carbocycles. The Morgan fingerprint density at radius 2 is 1.23 bits per heavy atom. The van der Waals surface area contributed by atoms with E-state index >= 15 is 0 Å². The molecule has 0 aliphatic rings. The molecule has 5 heteroatoms. The third-order valence-corrected chi connectivity index (χ3v) is 12.4. The second-order valence-electron chi connectivity index (χ2n) is 15.9. The quantitative estimate of drug-likeness (QED) is 0.158. The molecule has 4 aromatic heterocycles. The highest BCUT2D eigenvalue weighted by Gasteiger charge is 2.25. The van der Waals surface area contributed by atoms with Crippen molar-refractivity contribution >= 4 is 128 Å². The Hall–Kier alpha value is -8.15. The molecular formula is C56H35N3O2. The molecular weight excluding hydrogens is 747 g/mol. The maximum Gasteiger partial charge on any atom is 0.159 e. The maximum absolute atomic E-state index is 6.65. The van der Waals surface area contributed by atoms with Crippen LogP contribution in [0, 0.1) is 0 Å². The van der Waals surface area contributed by atoms with E-state index in [1.807, 2.05) is 54.7 Å². The summed E-state index contributed by atoms with van der Waals surface area (Å²) in [5.41, 5.74) is 13.2. The van der Waals surface area contributed by atoms with Gasteiger partial charge >= 0.3 is 0 Å². The number of benzene rings is 9. The van der Waals surface area contributed by atoms with E-state index in [1.54, 1.807) is 0 Å². The van der Waals surface area contributed by atoms with Crippen LogP contribution in [0.5, 0.6) is 0 Å². The summed E-state index contributed by atoms with van der Waals surface area (Å²) in [5, 5.41) is 11.5. The molecule has 0 saturated carbocycles. The van der Waals surface area contributed by atoms with Gasteiger partial charge in [-0.05, 0) is 108 Å². The van der Waals surface area contributed by atoms with E-state index in [2.05, 4.69) is 156 Å². The van der Waals surface area contributed by atoms with E-state index in [0.717, 1.165) is 99.6 Å². The van der Waals surface area contributed by atoms with Crippen molar-refractivity contribution in [3.8, 4) is 0 Å². The van der Waals surface area contributed by atoms with Gasteiger partial charge in [0.2, 0.25) is 0 Å². The number of aromatic nitrogens is 1. The van der Waals surface area contributed by atoms with Gasteiger partial charge in [0.1, 0.15) is 16.7 Å². The van der Waals surface area contributed by atoms with Crippen LogP contribution in [0.15, 0.2) is 196 Å². The molecule has 0 bridgehead atoms. The number of nitrogens with zero attached hydrogens (tertiary/aromatic N) is 3. The Kier molecular flexibility index (Phi) is 7.16. The first-order chi connectivity index (χ1) is 30.2. The fraction of sp³-hybridized carbons (Fsp3) is 0.0179. The summed E-state index contributed by atoms with van der Waals surface area (Å²) in [7, 11) is 0. The van der Waals surface area contributed by atoms with Gasteiger partial charge in [-0.15, -0.1) is 0 Å². The van der Waals surface area contributed by atoms with Gasteiger partial charge in [0.15, 0.2) is 5.58 Å². The summed E-state index contributed by atoms with van der Waals surface area (Å²) in [5.74, 6) is 0. The van der Waals surface area contributed by atoms with Crippen molar-refractivity contribution in [1.82, 2.24) is 4.40 Å². The lowest BCUT2D eigenvalue weighted by molar-refractivity contribution is 0.669. The van der Waals surface area contributed by atoms with Crippen molar-refractivity contribution in [2.24, 2.45) is 4.99 Å². The van der Waals surface area contributed by atoms with Gasteiger partial charge < -0.3 is 18.1 Å². The zero-order valence-corrected chi connectivity index (χ0v) is 33.1. The zero-order chi connectivity index (χ0) is 40.2. The fourth-order valence-corrected chi connectivity index (χ4v) is 9.77. The number of furan rings is 2. The smallest absolute Gasteiger partial charge is 0.159 e. The number of anilines is 3. The van der Waals surface area contributed by atoms with E-state index in [1.165, 1.54) is 27.1 Å². The van der Waals surface area contributed by atoms with Gasteiger partial charge in [-0.3, -0.25) is 4.99 Å². The van der Waals surface area contributed by atoms with Crippen molar-refractivity contribution in [2.75, 3.05) is 4.90 Å². The van der Waals surface area contributed by atoms with Crippen LogP contribution in [0.3, 0.4) is 0 Å². The summed E-state index contributed by atoms with van der Waals surface area (Å²) in [6.45, 7) is 2.07. The minimum absolute atomic E-state index is 0.860. The first-order valence-electron chi connectivity index (χ1n) is 20.7. The third kappa shape index (κ3) is 4.98. The van der Waals surface area contributed by atoms with E-state index < -0.39 is 0 Å². The van der Waals surface area contributed by atoms with E-state index in [0.29, 0.717) is 0 Å². The molecule has 0 unspecified atom stereocenters. The molecule has 0 fully saturated rings. The lowest BCUT2D eigenvalue weighted by Gasteiger charge is -2.25. The summed E-state index contributed by atoms with van der Waals surface area (Å²) >= 11 is 0. The summed E-state index contributed by atoms with van der Waals surface area (Å²) in [6, 6.07) is 62.3. The average molecular weight is 782 g/mol. The molecule has 13 rings (SSSR count). The number of para-hydroxylation sites is 5. The molecule has 0 radical (unpaired) electrons. The van der Waals surface area contributed by atoms with Crippen molar-refractivity contribution in [3.63, 3.8) is 0 Å². The van der Waals surface area contributed by atoms with Crippen molar-refractivity contribution in [2.45, 2.75) is 6.92 Å². The minimum Gasteiger partial charge on any atom is -0.456 e. The van der Waals surface area contributed by atoms with Gasteiger partial charge in [-0.1, -0.05) is 103 Å².